The smallest absolute Gasteiger partial charge is 0.276 e. The van der Waals surface area contributed by atoms with Crippen molar-refractivity contribution in [1.82, 2.24) is 19.7 Å². The van der Waals surface area contributed by atoms with Gasteiger partial charge in [-0.3, -0.25) is 14.8 Å². The summed E-state index contributed by atoms with van der Waals surface area (Å²) >= 11 is 0. The van der Waals surface area contributed by atoms with Crippen LogP contribution < -0.4 is 5.56 Å². The van der Waals surface area contributed by atoms with Gasteiger partial charge in [0.05, 0.1) is 5.69 Å². The van der Waals surface area contributed by atoms with Crippen LogP contribution in [0.5, 0.6) is 0 Å². The maximum absolute atomic E-state index is 12.6. The lowest BCUT2D eigenvalue weighted by Crippen LogP contribution is -2.31. The van der Waals surface area contributed by atoms with Gasteiger partial charge in [-0.1, -0.05) is 36.4 Å². The number of H-pyrrole nitrogens is 1. The first-order valence-corrected chi connectivity index (χ1v) is 7.82. The lowest BCUT2D eigenvalue weighted by molar-refractivity contribution is 0.242. The predicted octanol–water partition coefficient (Wildman–Crippen LogP) is 2.54. The molecule has 0 radical (unpaired) electrons. The molecule has 2 aromatic heterocycles. The van der Waals surface area contributed by atoms with E-state index in [1.165, 1.54) is 5.56 Å². The Balaban J connectivity index is 0.00000169. The first kappa shape index (κ1) is 16.5. The van der Waals surface area contributed by atoms with E-state index >= 15 is 0 Å². The van der Waals surface area contributed by atoms with Gasteiger partial charge in [-0.15, -0.1) is 12.4 Å². The summed E-state index contributed by atoms with van der Waals surface area (Å²) in [6, 6.07) is 16.0. The van der Waals surface area contributed by atoms with Crippen LogP contribution in [0.3, 0.4) is 0 Å². The summed E-state index contributed by atoms with van der Waals surface area (Å²) in [5, 5.41) is 3.23. The van der Waals surface area contributed by atoms with Crippen molar-refractivity contribution < 1.29 is 0 Å². The first-order chi connectivity index (χ1) is 11.3. The fourth-order valence-corrected chi connectivity index (χ4v) is 3.10. The van der Waals surface area contributed by atoms with Crippen LogP contribution in [0, 0.1) is 0 Å². The summed E-state index contributed by atoms with van der Waals surface area (Å²) < 4.78 is 1.55. The number of nitrogens with zero attached hydrogens (tertiary/aromatic N) is 3. The van der Waals surface area contributed by atoms with Crippen LogP contribution in [0.15, 0.2) is 59.5 Å². The molecular weight excluding hydrogens is 324 g/mol. The summed E-state index contributed by atoms with van der Waals surface area (Å²) in [5.41, 5.74) is 3.21. The second-order valence-electron chi connectivity index (χ2n) is 5.84. The molecule has 0 amide bonds. The van der Waals surface area contributed by atoms with Crippen LogP contribution in [0.2, 0.25) is 0 Å². The molecule has 1 N–H and O–H groups in total. The van der Waals surface area contributed by atoms with Gasteiger partial charge in [-0.25, -0.2) is 9.67 Å². The number of fused-ring (bicyclic) bond motifs is 1. The van der Waals surface area contributed by atoms with E-state index in [4.69, 9.17) is 0 Å². The van der Waals surface area contributed by atoms with Gasteiger partial charge in [0, 0.05) is 31.4 Å². The summed E-state index contributed by atoms with van der Waals surface area (Å²) in [7, 11) is 0. The standard InChI is InChI=1S/C18H18N4O.ClH/c23-18-15-9-11-21(12-14-6-2-1-3-7-14)13-16(15)20-22(18)17-8-4-5-10-19-17;/h1-8,10,20H,9,11-13H2;1H. The van der Waals surface area contributed by atoms with Gasteiger partial charge < -0.3 is 0 Å². The third-order valence-electron chi connectivity index (χ3n) is 4.26. The molecule has 24 heavy (non-hydrogen) atoms. The van der Waals surface area contributed by atoms with Crippen LogP contribution in [-0.4, -0.2) is 26.2 Å². The summed E-state index contributed by atoms with van der Waals surface area (Å²) in [4.78, 5) is 19.2. The highest BCUT2D eigenvalue weighted by Crippen LogP contribution is 2.17. The van der Waals surface area contributed by atoms with E-state index in [-0.39, 0.29) is 18.0 Å². The average molecular weight is 343 g/mol. The number of hydrogen-bond donors (Lipinski definition) is 1. The zero-order valence-corrected chi connectivity index (χ0v) is 14.0. The van der Waals surface area contributed by atoms with E-state index in [0.717, 1.165) is 37.3 Å². The van der Waals surface area contributed by atoms with E-state index in [1.807, 2.05) is 24.3 Å². The summed E-state index contributed by atoms with van der Waals surface area (Å²) in [6.07, 6.45) is 2.47. The van der Waals surface area contributed by atoms with Crippen molar-refractivity contribution in [2.45, 2.75) is 19.5 Å². The molecular formula is C18H19ClN4O. The van der Waals surface area contributed by atoms with Crippen molar-refractivity contribution in [3.8, 4) is 5.82 Å². The molecule has 0 spiro atoms. The van der Waals surface area contributed by atoms with Crippen molar-refractivity contribution in [2.75, 3.05) is 6.54 Å². The van der Waals surface area contributed by atoms with Crippen LogP contribution >= 0.6 is 12.4 Å². The van der Waals surface area contributed by atoms with Crippen molar-refractivity contribution >= 4 is 12.4 Å². The zero-order valence-electron chi connectivity index (χ0n) is 13.2. The maximum atomic E-state index is 12.6. The minimum absolute atomic E-state index is 0. The van der Waals surface area contributed by atoms with Crippen LogP contribution in [0.1, 0.15) is 16.8 Å². The second-order valence-corrected chi connectivity index (χ2v) is 5.84. The van der Waals surface area contributed by atoms with Gasteiger partial charge in [-0.2, -0.15) is 0 Å². The monoisotopic (exact) mass is 342 g/mol. The first-order valence-electron chi connectivity index (χ1n) is 7.82. The molecule has 0 atom stereocenters. The Bertz CT molecular complexity index is 858. The number of aromatic nitrogens is 3. The number of pyridine rings is 1. The molecule has 0 unspecified atom stereocenters. The van der Waals surface area contributed by atoms with E-state index in [1.54, 1.807) is 10.9 Å². The van der Waals surface area contributed by atoms with Gasteiger partial charge >= 0.3 is 0 Å². The Hall–Kier alpha value is -2.37. The van der Waals surface area contributed by atoms with Gasteiger partial charge in [-0.05, 0) is 24.1 Å². The minimum Gasteiger partial charge on any atom is -0.293 e. The Morgan fingerprint density at radius 2 is 1.88 bits per heavy atom. The lowest BCUT2D eigenvalue weighted by Gasteiger charge is -2.25. The van der Waals surface area contributed by atoms with E-state index in [2.05, 4.69) is 39.2 Å². The zero-order chi connectivity index (χ0) is 15.6. The molecule has 0 bridgehead atoms. The number of halogens is 1. The molecule has 3 heterocycles. The Morgan fingerprint density at radius 3 is 2.62 bits per heavy atom. The van der Waals surface area contributed by atoms with E-state index in [9.17, 15) is 4.79 Å². The van der Waals surface area contributed by atoms with Crippen molar-refractivity contribution in [2.24, 2.45) is 0 Å². The summed E-state index contributed by atoms with van der Waals surface area (Å²) in [5.74, 6) is 0.640. The largest absolute Gasteiger partial charge is 0.293 e. The fraction of sp³-hybridized carbons (Fsp3) is 0.222. The number of hydrogen-bond acceptors (Lipinski definition) is 3. The molecule has 4 rings (SSSR count). The molecule has 0 aliphatic carbocycles. The molecule has 0 fully saturated rings. The van der Waals surface area contributed by atoms with E-state index in [0.29, 0.717) is 5.82 Å². The lowest BCUT2D eigenvalue weighted by atomic mass is 10.1. The highest BCUT2D eigenvalue weighted by atomic mass is 35.5. The molecule has 1 aromatic carbocycles. The van der Waals surface area contributed by atoms with Crippen molar-refractivity contribution in [3.63, 3.8) is 0 Å². The molecule has 0 saturated carbocycles. The Morgan fingerprint density at radius 1 is 1.08 bits per heavy atom. The van der Waals surface area contributed by atoms with Crippen LogP contribution in [-0.2, 0) is 19.5 Å². The molecule has 5 nitrogen and oxygen atoms in total. The van der Waals surface area contributed by atoms with Gasteiger partial charge in [0.25, 0.3) is 5.56 Å². The normalized spacial score (nSPS) is 14.0. The number of nitrogens with one attached hydrogen (secondary N) is 1. The molecule has 0 saturated heterocycles. The Labute approximate surface area is 146 Å². The number of rotatable bonds is 3. The van der Waals surface area contributed by atoms with Crippen molar-refractivity contribution in [1.29, 1.82) is 0 Å². The second kappa shape index (κ2) is 7.03. The van der Waals surface area contributed by atoms with Gasteiger partial charge in [0.1, 0.15) is 0 Å². The van der Waals surface area contributed by atoms with Gasteiger partial charge in [0.2, 0.25) is 0 Å². The average Bonchev–Trinajstić information content (AvgIpc) is 2.93. The van der Waals surface area contributed by atoms with Crippen LogP contribution in [0.4, 0.5) is 0 Å². The fourth-order valence-electron chi connectivity index (χ4n) is 3.10. The highest BCUT2D eigenvalue weighted by molar-refractivity contribution is 5.85. The van der Waals surface area contributed by atoms with Crippen molar-refractivity contribution in [3.05, 3.63) is 81.9 Å². The molecule has 1 aliphatic rings. The predicted molar refractivity (Wildman–Crippen MR) is 95.7 cm³/mol. The third kappa shape index (κ3) is 3.13. The van der Waals surface area contributed by atoms with Gasteiger partial charge in [0.15, 0.2) is 5.82 Å². The molecule has 124 valence electrons. The number of benzene rings is 1. The Kier molecular flexibility index (Phi) is 4.83. The number of aromatic amines is 1. The molecule has 1 aliphatic heterocycles. The summed E-state index contributed by atoms with van der Waals surface area (Å²) in [6.45, 7) is 2.56. The maximum Gasteiger partial charge on any atom is 0.276 e. The topological polar surface area (TPSA) is 53.9 Å². The minimum atomic E-state index is 0. The highest BCUT2D eigenvalue weighted by Gasteiger charge is 2.23. The SMILES string of the molecule is Cl.O=c1c2c([nH]n1-c1ccccn1)CN(Cc1ccccc1)CC2. The third-order valence-corrected chi connectivity index (χ3v) is 4.26. The van der Waals surface area contributed by atoms with Crippen LogP contribution in [0.25, 0.3) is 5.82 Å². The molecule has 6 heteroatoms. The molecule has 3 aromatic rings. The quantitative estimate of drug-likeness (QED) is 0.795. The van der Waals surface area contributed by atoms with E-state index < -0.39 is 0 Å².